The van der Waals surface area contributed by atoms with Gasteiger partial charge in [-0.25, -0.2) is 0 Å². The Bertz CT molecular complexity index is 1000. The van der Waals surface area contributed by atoms with Crippen LogP contribution >= 0.6 is 0 Å². The molecule has 144 valence electrons. The van der Waals surface area contributed by atoms with E-state index in [2.05, 4.69) is 15.4 Å². The fourth-order valence-corrected chi connectivity index (χ4v) is 2.54. The fraction of sp³-hybridized carbons (Fsp3) is 0.100. The summed E-state index contributed by atoms with van der Waals surface area (Å²) in [5.41, 5.74) is 0.694. The number of amides is 2. The van der Waals surface area contributed by atoms with Crippen LogP contribution in [0, 0.1) is 0 Å². The lowest BCUT2D eigenvalue weighted by atomic mass is 10.1. The molecular formula is C20H15F3N2O3. The summed E-state index contributed by atoms with van der Waals surface area (Å²) in [7, 11) is 0. The lowest BCUT2D eigenvalue weighted by molar-refractivity contribution is -0.274. The van der Waals surface area contributed by atoms with E-state index in [-0.39, 0.29) is 12.2 Å². The zero-order valence-corrected chi connectivity index (χ0v) is 14.4. The van der Waals surface area contributed by atoms with E-state index in [1.807, 2.05) is 30.3 Å². The molecule has 5 nitrogen and oxygen atoms in total. The quantitative estimate of drug-likeness (QED) is 0.691. The average Bonchev–Trinajstić information content (AvgIpc) is 2.66. The third-order valence-electron chi connectivity index (χ3n) is 3.79. The van der Waals surface area contributed by atoms with Gasteiger partial charge in [-0.15, -0.1) is 13.2 Å². The minimum atomic E-state index is -4.78. The Kier molecular flexibility index (Phi) is 5.49. The molecule has 8 heteroatoms. The van der Waals surface area contributed by atoms with Crippen LogP contribution in [-0.2, 0) is 4.79 Å². The normalized spacial score (nSPS) is 11.1. The van der Waals surface area contributed by atoms with Crippen LogP contribution in [0.5, 0.6) is 5.75 Å². The second kappa shape index (κ2) is 7.99. The number of alkyl halides is 3. The number of rotatable bonds is 5. The second-order valence-corrected chi connectivity index (χ2v) is 5.86. The predicted molar refractivity (Wildman–Crippen MR) is 98.0 cm³/mol. The maximum Gasteiger partial charge on any atom is 0.573 e. The van der Waals surface area contributed by atoms with Gasteiger partial charge in [0.1, 0.15) is 5.75 Å². The van der Waals surface area contributed by atoms with Gasteiger partial charge in [-0.05, 0) is 47.2 Å². The highest BCUT2D eigenvalue weighted by Gasteiger charge is 2.30. The van der Waals surface area contributed by atoms with Crippen LogP contribution in [0.4, 0.5) is 18.9 Å². The molecule has 0 spiro atoms. The monoisotopic (exact) mass is 388 g/mol. The molecule has 0 aliphatic rings. The lowest BCUT2D eigenvalue weighted by Gasteiger charge is -2.10. The number of carbonyl (C=O) groups excluding carboxylic acids is 2. The van der Waals surface area contributed by atoms with Gasteiger partial charge < -0.3 is 15.4 Å². The highest BCUT2D eigenvalue weighted by molar-refractivity contribution is 6.01. The molecule has 3 aromatic carbocycles. The average molecular weight is 388 g/mol. The number of nitrogens with one attached hydrogen (secondary N) is 2. The van der Waals surface area contributed by atoms with Crippen LogP contribution in [0.25, 0.3) is 10.8 Å². The molecule has 2 amide bonds. The first kappa shape index (κ1) is 19.2. The Labute approximate surface area is 158 Å². The molecule has 0 unspecified atom stereocenters. The Balaban J connectivity index is 1.54. The topological polar surface area (TPSA) is 67.4 Å². The van der Waals surface area contributed by atoms with Gasteiger partial charge in [0, 0.05) is 11.3 Å². The van der Waals surface area contributed by atoms with Gasteiger partial charge >= 0.3 is 6.36 Å². The van der Waals surface area contributed by atoms with Crippen LogP contribution in [0.1, 0.15) is 10.4 Å². The molecule has 0 aliphatic heterocycles. The zero-order chi connectivity index (χ0) is 20.1. The zero-order valence-electron chi connectivity index (χ0n) is 14.4. The van der Waals surface area contributed by atoms with Gasteiger partial charge in [-0.1, -0.05) is 30.3 Å². The van der Waals surface area contributed by atoms with E-state index in [4.69, 9.17) is 0 Å². The molecule has 0 aliphatic carbocycles. The summed E-state index contributed by atoms with van der Waals surface area (Å²) in [4.78, 5) is 24.1. The number of carbonyl (C=O) groups is 2. The molecule has 0 atom stereocenters. The molecule has 0 fully saturated rings. The van der Waals surface area contributed by atoms with Crippen molar-refractivity contribution in [2.24, 2.45) is 0 Å². The van der Waals surface area contributed by atoms with Gasteiger partial charge in [0.05, 0.1) is 6.54 Å². The number of fused-ring (bicyclic) bond motifs is 1. The molecule has 0 heterocycles. The van der Waals surface area contributed by atoms with Crippen molar-refractivity contribution in [2.45, 2.75) is 6.36 Å². The summed E-state index contributed by atoms with van der Waals surface area (Å²) >= 11 is 0. The Morgan fingerprint density at radius 3 is 2.25 bits per heavy atom. The van der Waals surface area contributed by atoms with Crippen LogP contribution in [-0.4, -0.2) is 24.7 Å². The van der Waals surface area contributed by atoms with Crippen molar-refractivity contribution < 1.29 is 27.5 Å². The maximum absolute atomic E-state index is 12.2. The Hall–Kier alpha value is -3.55. The van der Waals surface area contributed by atoms with Crippen molar-refractivity contribution >= 4 is 28.3 Å². The SMILES string of the molecule is O=C(CNC(=O)c1ccc2ccccc2c1)Nc1ccc(OC(F)(F)F)cc1. The van der Waals surface area contributed by atoms with Crippen LogP contribution in [0.3, 0.4) is 0 Å². The van der Waals surface area contributed by atoms with Crippen LogP contribution in [0.2, 0.25) is 0 Å². The molecule has 0 aromatic heterocycles. The van der Waals surface area contributed by atoms with Crippen molar-refractivity contribution in [3.63, 3.8) is 0 Å². The standard InChI is InChI=1S/C20H15F3N2O3/c21-20(22,23)28-17-9-7-16(8-10-17)25-18(26)12-24-19(27)15-6-5-13-3-1-2-4-14(13)11-15/h1-11H,12H2,(H,24,27)(H,25,26). The van der Waals surface area contributed by atoms with E-state index in [1.165, 1.54) is 12.1 Å². The second-order valence-electron chi connectivity index (χ2n) is 5.86. The summed E-state index contributed by atoms with van der Waals surface area (Å²) in [6.45, 7) is -0.285. The molecule has 0 saturated heterocycles. The number of hydrogen-bond acceptors (Lipinski definition) is 3. The molecule has 3 aromatic rings. The van der Waals surface area contributed by atoms with Crippen molar-refractivity contribution in [2.75, 3.05) is 11.9 Å². The minimum Gasteiger partial charge on any atom is -0.406 e. The summed E-state index contributed by atoms with van der Waals surface area (Å²) in [6, 6.07) is 17.5. The summed E-state index contributed by atoms with van der Waals surface area (Å²) < 4.78 is 40.1. The molecule has 0 radical (unpaired) electrons. The number of benzene rings is 3. The first-order chi connectivity index (χ1) is 13.3. The van der Waals surface area contributed by atoms with E-state index in [0.717, 1.165) is 22.9 Å². The minimum absolute atomic E-state index is 0.277. The molecule has 3 rings (SSSR count). The van der Waals surface area contributed by atoms with Gasteiger partial charge in [-0.3, -0.25) is 9.59 Å². The van der Waals surface area contributed by atoms with Gasteiger partial charge in [0.15, 0.2) is 0 Å². The van der Waals surface area contributed by atoms with E-state index in [0.29, 0.717) is 5.56 Å². The third kappa shape index (κ3) is 5.23. The number of hydrogen-bond donors (Lipinski definition) is 2. The molecule has 2 N–H and O–H groups in total. The van der Waals surface area contributed by atoms with Gasteiger partial charge in [0.2, 0.25) is 5.91 Å². The molecule has 28 heavy (non-hydrogen) atoms. The van der Waals surface area contributed by atoms with E-state index >= 15 is 0 Å². The van der Waals surface area contributed by atoms with Crippen LogP contribution in [0.15, 0.2) is 66.7 Å². The molecule has 0 saturated carbocycles. The van der Waals surface area contributed by atoms with Crippen molar-refractivity contribution in [3.05, 3.63) is 72.3 Å². The summed E-state index contributed by atoms with van der Waals surface area (Å²) in [5, 5.41) is 6.88. The third-order valence-corrected chi connectivity index (χ3v) is 3.79. The van der Waals surface area contributed by atoms with Crippen LogP contribution < -0.4 is 15.4 Å². The molecule has 0 bridgehead atoms. The van der Waals surface area contributed by atoms with E-state index in [9.17, 15) is 22.8 Å². The maximum atomic E-state index is 12.2. The highest BCUT2D eigenvalue weighted by Crippen LogP contribution is 2.23. The smallest absolute Gasteiger partial charge is 0.406 e. The summed E-state index contributed by atoms with van der Waals surface area (Å²) in [5.74, 6) is -1.32. The van der Waals surface area contributed by atoms with E-state index < -0.39 is 23.9 Å². The Morgan fingerprint density at radius 2 is 1.57 bits per heavy atom. The highest BCUT2D eigenvalue weighted by atomic mass is 19.4. The predicted octanol–water partition coefficient (Wildman–Crippen LogP) is 4.11. The largest absolute Gasteiger partial charge is 0.573 e. The summed E-state index contributed by atoms with van der Waals surface area (Å²) in [6.07, 6.45) is -4.78. The van der Waals surface area contributed by atoms with Gasteiger partial charge in [0.25, 0.3) is 5.91 Å². The first-order valence-electron chi connectivity index (χ1n) is 8.23. The Morgan fingerprint density at radius 1 is 0.893 bits per heavy atom. The lowest BCUT2D eigenvalue weighted by Crippen LogP contribution is -2.32. The molecular weight excluding hydrogens is 373 g/mol. The fourth-order valence-electron chi connectivity index (χ4n) is 2.54. The number of ether oxygens (including phenoxy) is 1. The number of anilines is 1. The van der Waals surface area contributed by atoms with Crippen molar-refractivity contribution in [1.82, 2.24) is 5.32 Å². The van der Waals surface area contributed by atoms with E-state index in [1.54, 1.807) is 12.1 Å². The van der Waals surface area contributed by atoms with Crippen molar-refractivity contribution in [3.8, 4) is 5.75 Å². The van der Waals surface area contributed by atoms with Gasteiger partial charge in [-0.2, -0.15) is 0 Å². The number of halogens is 3. The first-order valence-corrected chi connectivity index (χ1v) is 8.23. The van der Waals surface area contributed by atoms with Crippen molar-refractivity contribution in [1.29, 1.82) is 0 Å².